The molecule has 2 heterocycles. The highest BCUT2D eigenvalue weighted by atomic mass is 19.1. The van der Waals surface area contributed by atoms with E-state index in [1.807, 2.05) is 0 Å². The summed E-state index contributed by atoms with van der Waals surface area (Å²) in [7, 11) is 0. The van der Waals surface area contributed by atoms with Crippen LogP contribution in [0.15, 0.2) is 24.3 Å². The number of hydrogen-bond donors (Lipinski definition) is 1. The van der Waals surface area contributed by atoms with E-state index in [1.54, 1.807) is 24.0 Å². The summed E-state index contributed by atoms with van der Waals surface area (Å²) in [5.41, 5.74) is 6.17. The molecular formula is C17H21FN6O2. The minimum atomic E-state index is -0.624. The van der Waals surface area contributed by atoms with E-state index < -0.39 is 6.04 Å². The number of carbonyl (C=O) groups excluding carboxylic acids is 2. The molecule has 0 radical (unpaired) electrons. The number of aryl methyl sites for hydroxylation is 1. The van der Waals surface area contributed by atoms with E-state index in [2.05, 4.69) is 15.5 Å². The van der Waals surface area contributed by atoms with E-state index in [4.69, 9.17) is 5.73 Å². The Kier molecular flexibility index (Phi) is 5.24. The van der Waals surface area contributed by atoms with Crippen molar-refractivity contribution in [1.29, 1.82) is 0 Å². The second kappa shape index (κ2) is 7.59. The predicted molar refractivity (Wildman–Crippen MR) is 90.2 cm³/mol. The summed E-state index contributed by atoms with van der Waals surface area (Å²) in [5.74, 6) is -0.436. The molecule has 8 nitrogen and oxygen atoms in total. The molecule has 1 aromatic carbocycles. The van der Waals surface area contributed by atoms with E-state index in [1.165, 1.54) is 16.8 Å². The van der Waals surface area contributed by atoms with Crippen molar-refractivity contribution >= 4 is 11.8 Å². The fraction of sp³-hybridized carbons (Fsp3) is 0.471. The number of likely N-dealkylation sites (tertiary alicyclic amines) is 1. The summed E-state index contributed by atoms with van der Waals surface area (Å²) in [4.78, 5) is 26.2. The van der Waals surface area contributed by atoms with Gasteiger partial charge in [-0.3, -0.25) is 9.59 Å². The van der Waals surface area contributed by atoms with Crippen molar-refractivity contribution in [2.45, 2.75) is 32.2 Å². The third-order valence-corrected chi connectivity index (χ3v) is 4.79. The van der Waals surface area contributed by atoms with Gasteiger partial charge in [-0.15, -0.1) is 5.10 Å². The number of amides is 2. The van der Waals surface area contributed by atoms with Crippen molar-refractivity contribution in [3.8, 4) is 0 Å². The zero-order valence-corrected chi connectivity index (χ0v) is 14.5. The number of primary amides is 1. The van der Waals surface area contributed by atoms with Crippen LogP contribution < -0.4 is 5.73 Å². The number of rotatable bonds is 5. The maximum atomic E-state index is 13.2. The number of nitrogens with zero attached hydrogens (tertiary/aromatic N) is 5. The largest absolute Gasteiger partial charge is 0.369 e. The average Bonchev–Trinajstić information content (AvgIpc) is 3.06. The van der Waals surface area contributed by atoms with Crippen LogP contribution in [0, 0.1) is 18.7 Å². The lowest BCUT2D eigenvalue weighted by Gasteiger charge is -2.33. The Morgan fingerprint density at radius 1 is 1.27 bits per heavy atom. The number of aromatic nitrogens is 4. The molecule has 1 fully saturated rings. The van der Waals surface area contributed by atoms with E-state index in [9.17, 15) is 14.0 Å². The first-order valence-corrected chi connectivity index (χ1v) is 8.52. The number of benzene rings is 1. The predicted octanol–water partition coefficient (Wildman–Crippen LogP) is 0.628. The van der Waals surface area contributed by atoms with E-state index in [0.29, 0.717) is 38.2 Å². The van der Waals surface area contributed by atoms with Crippen LogP contribution in [0.3, 0.4) is 0 Å². The van der Waals surface area contributed by atoms with E-state index in [-0.39, 0.29) is 23.5 Å². The van der Waals surface area contributed by atoms with Gasteiger partial charge in [0.05, 0.1) is 0 Å². The van der Waals surface area contributed by atoms with Crippen LogP contribution >= 0.6 is 0 Å². The van der Waals surface area contributed by atoms with Gasteiger partial charge in [-0.1, -0.05) is 12.1 Å². The number of hydrogen-bond acceptors (Lipinski definition) is 5. The van der Waals surface area contributed by atoms with Crippen LogP contribution in [-0.4, -0.2) is 50.0 Å². The molecule has 0 bridgehead atoms. The average molecular weight is 360 g/mol. The molecule has 0 aliphatic carbocycles. The van der Waals surface area contributed by atoms with Crippen LogP contribution in [0.4, 0.5) is 4.39 Å². The second-order valence-electron chi connectivity index (χ2n) is 6.52. The SMILES string of the molecule is Cc1nnnn1C(Cc1ccc(F)cc1)C(=O)N1CCC(C(N)=O)CC1. The smallest absolute Gasteiger partial charge is 0.247 e. The monoisotopic (exact) mass is 360 g/mol. The summed E-state index contributed by atoms with van der Waals surface area (Å²) in [5, 5.41) is 11.4. The van der Waals surface area contributed by atoms with E-state index in [0.717, 1.165) is 5.56 Å². The number of nitrogens with two attached hydrogens (primary N) is 1. The van der Waals surface area contributed by atoms with Crippen LogP contribution in [0.25, 0.3) is 0 Å². The molecule has 26 heavy (non-hydrogen) atoms. The minimum Gasteiger partial charge on any atom is -0.369 e. The third-order valence-electron chi connectivity index (χ3n) is 4.79. The summed E-state index contributed by atoms with van der Waals surface area (Å²) in [6.45, 7) is 2.66. The number of carbonyl (C=O) groups is 2. The Labute approximate surface area is 150 Å². The Morgan fingerprint density at radius 2 is 1.92 bits per heavy atom. The van der Waals surface area contributed by atoms with Gasteiger partial charge in [-0.05, 0) is 47.9 Å². The Bertz CT molecular complexity index is 783. The standard InChI is InChI=1S/C17H21FN6O2/c1-11-20-21-22-24(11)15(10-12-2-4-14(18)5-3-12)17(26)23-8-6-13(7-9-23)16(19)25/h2-5,13,15H,6-10H2,1H3,(H2,19,25). The molecule has 1 unspecified atom stereocenters. The number of halogens is 1. The lowest BCUT2D eigenvalue weighted by Crippen LogP contribution is -2.45. The highest BCUT2D eigenvalue weighted by molar-refractivity contribution is 5.81. The van der Waals surface area contributed by atoms with Crippen molar-refractivity contribution in [3.05, 3.63) is 41.5 Å². The van der Waals surface area contributed by atoms with E-state index >= 15 is 0 Å². The highest BCUT2D eigenvalue weighted by Crippen LogP contribution is 2.23. The molecule has 2 amide bonds. The number of tetrazole rings is 1. The van der Waals surface area contributed by atoms with Gasteiger partial charge in [0, 0.05) is 25.4 Å². The van der Waals surface area contributed by atoms with Crippen LogP contribution in [0.5, 0.6) is 0 Å². The van der Waals surface area contributed by atoms with Gasteiger partial charge in [0.15, 0.2) is 0 Å². The summed E-state index contributed by atoms with van der Waals surface area (Å²) in [6.07, 6.45) is 1.46. The molecule has 1 aliphatic rings. The molecule has 2 aromatic rings. The molecule has 0 saturated carbocycles. The first-order valence-electron chi connectivity index (χ1n) is 8.52. The van der Waals surface area contributed by atoms with Gasteiger partial charge in [-0.25, -0.2) is 9.07 Å². The van der Waals surface area contributed by atoms with Crippen molar-refractivity contribution < 1.29 is 14.0 Å². The van der Waals surface area contributed by atoms with Gasteiger partial charge >= 0.3 is 0 Å². The van der Waals surface area contributed by atoms with Crippen LogP contribution in [-0.2, 0) is 16.0 Å². The highest BCUT2D eigenvalue weighted by Gasteiger charge is 2.32. The quantitative estimate of drug-likeness (QED) is 0.841. The summed E-state index contributed by atoms with van der Waals surface area (Å²) < 4.78 is 14.7. The summed E-state index contributed by atoms with van der Waals surface area (Å²) in [6, 6.07) is 5.40. The molecule has 1 atom stereocenters. The lowest BCUT2D eigenvalue weighted by atomic mass is 9.95. The lowest BCUT2D eigenvalue weighted by molar-refractivity contribution is -0.138. The van der Waals surface area contributed by atoms with Crippen LogP contribution in [0.2, 0.25) is 0 Å². The topological polar surface area (TPSA) is 107 Å². The molecule has 1 saturated heterocycles. The zero-order valence-electron chi connectivity index (χ0n) is 14.5. The molecule has 0 spiro atoms. The van der Waals surface area contributed by atoms with Gasteiger partial charge in [-0.2, -0.15) is 0 Å². The summed E-state index contributed by atoms with van der Waals surface area (Å²) >= 11 is 0. The third kappa shape index (κ3) is 3.87. The van der Waals surface area contributed by atoms with Gasteiger partial charge < -0.3 is 10.6 Å². The fourth-order valence-corrected chi connectivity index (χ4v) is 3.24. The van der Waals surface area contributed by atoms with Crippen molar-refractivity contribution in [3.63, 3.8) is 0 Å². The second-order valence-corrected chi connectivity index (χ2v) is 6.52. The Hall–Kier alpha value is -2.84. The van der Waals surface area contributed by atoms with Gasteiger partial charge in [0.25, 0.3) is 0 Å². The molecule has 1 aromatic heterocycles. The Balaban J connectivity index is 1.79. The van der Waals surface area contributed by atoms with Gasteiger partial charge in [0.2, 0.25) is 11.8 Å². The van der Waals surface area contributed by atoms with Crippen molar-refractivity contribution in [2.75, 3.05) is 13.1 Å². The number of piperidine rings is 1. The van der Waals surface area contributed by atoms with Gasteiger partial charge in [0.1, 0.15) is 17.7 Å². The maximum Gasteiger partial charge on any atom is 0.247 e. The molecule has 138 valence electrons. The van der Waals surface area contributed by atoms with Crippen molar-refractivity contribution in [1.82, 2.24) is 25.1 Å². The maximum absolute atomic E-state index is 13.2. The zero-order chi connectivity index (χ0) is 18.7. The van der Waals surface area contributed by atoms with Crippen molar-refractivity contribution in [2.24, 2.45) is 11.7 Å². The first kappa shape index (κ1) is 18.0. The molecule has 2 N–H and O–H groups in total. The normalized spacial score (nSPS) is 16.5. The molecule has 9 heteroatoms. The Morgan fingerprint density at radius 3 is 2.46 bits per heavy atom. The first-order chi connectivity index (χ1) is 12.5. The molecule has 1 aliphatic heterocycles. The fourth-order valence-electron chi connectivity index (χ4n) is 3.24. The molecular weight excluding hydrogens is 339 g/mol. The molecule has 3 rings (SSSR count). The van der Waals surface area contributed by atoms with Crippen LogP contribution in [0.1, 0.15) is 30.3 Å². The minimum absolute atomic E-state index is 0.118.